The molecular formula is C27H24N2O2. The molecule has 2 heterocycles. The van der Waals surface area contributed by atoms with Crippen molar-refractivity contribution in [2.24, 2.45) is 0 Å². The van der Waals surface area contributed by atoms with Crippen LogP contribution < -0.4 is 0 Å². The van der Waals surface area contributed by atoms with Gasteiger partial charge in [-0.05, 0) is 49.2 Å². The van der Waals surface area contributed by atoms with Crippen molar-refractivity contribution in [1.82, 2.24) is 9.97 Å². The maximum atomic E-state index is 12.0. The van der Waals surface area contributed by atoms with E-state index in [0.29, 0.717) is 28.2 Å². The van der Waals surface area contributed by atoms with Crippen LogP contribution in [0, 0.1) is 13.8 Å². The van der Waals surface area contributed by atoms with Crippen LogP contribution in [-0.4, -0.2) is 20.2 Å². The number of pyridine rings is 2. The van der Waals surface area contributed by atoms with E-state index in [0.717, 1.165) is 11.1 Å². The van der Waals surface area contributed by atoms with Gasteiger partial charge >= 0.3 is 0 Å². The molecule has 154 valence electrons. The third kappa shape index (κ3) is 4.25. The Balaban J connectivity index is 1.84. The number of aliphatic hydroxyl groups is 2. The number of aryl methyl sites for hydroxylation is 2. The molecule has 0 aliphatic carbocycles. The molecule has 31 heavy (non-hydrogen) atoms. The van der Waals surface area contributed by atoms with Gasteiger partial charge in [0.1, 0.15) is 11.5 Å². The van der Waals surface area contributed by atoms with Crippen LogP contribution in [0.2, 0.25) is 0 Å². The van der Waals surface area contributed by atoms with Crippen molar-refractivity contribution in [2.75, 3.05) is 0 Å². The average Bonchev–Trinajstić information content (AvgIpc) is 2.80. The van der Waals surface area contributed by atoms with Gasteiger partial charge in [0, 0.05) is 12.3 Å². The fourth-order valence-corrected chi connectivity index (χ4v) is 3.51. The summed E-state index contributed by atoms with van der Waals surface area (Å²) in [4.78, 5) is 8.86. The molecule has 4 heteroatoms. The molecule has 0 amide bonds. The van der Waals surface area contributed by atoms with Crippen LogP contribution in [0.15, 0.2) is 91.1 Å². The molecule has 0 saturated heterocycles. The Kier molecular flexibility index (Phi) is 5.65. The minimum Gasteiger partial charge on any atom is -0.506 e. The zero-order valence-electron chi connectivity index (χ0n) is 17.5. The smallest absolute Gasteiger partial charge is 0.157 e. The lowest BCUT2D eigenvalue weighted by atomic mass is 9.82. The fourth-order valence-electron chi connectivity index (χ4n) is 3.51. The van der Waals surface area contributed by atoms with Gasteiger partial charge in [0.25, 0.3) is 0 Å². The van der Waals surface area contributed by atoms with Crippen LogP contribution in [-0.2, 0) is 5.60 Å². The summed E-state index contributed by atoms with van der Waals surface area (Å²) in [5.74, 6) is -0.0179. The van der Waals surface area contributed by atoms with Crippen molar-refractivity contribution in [2.45, 2.75) is 19.4 Å². The lowest BCUT2D eigenvalue weighted by molar-refractivity contribution is 0.120. The van der Waals surface area contributed by atoms with Crippen molar-refractivity contribution in [3.8, 4) is 0 Å². The summed E-state index contributed by atoms with van der Waals surface area (Å²) >= 11 is 0. The molecule has 0 bridgehead atoms. The second-order valence-corrected chi connectivity index (χ2v) is 7.63. The first-order valence-corrected chi connectivity index (χ1v) is 10.1. The third-order valence-electron chi connectivity index (χ3n) is 5.29. The zero-order chi connectivity index (χ0) is 21.8. The van der Waals surface area contributed by atoms with Crippen LogP contribution >= 0.6 is 0 Å². The van der Waals surface area contributed by atoms with Crippen molar-refractivity contribution in [3.63, 3.8) is 0 Å². The standard InChI is InChI=1S/C27H24N2O2/c1-19-9-13-21(14-10-19)27(31,22-15-11-20(2)12-16-22)26-8-5-7-24(29-26)25(30)18-23-6-3-4-17-28-23/h3-18,30-31H,1-2H3/b25-18-. The summed E-state index contributed by atoms with van der Waals surface area (Å²) in [5, 5.41) is 22.7. The Morgan fingerprint density at radius 1 is 0.774 bits per heavy atom. The summed E-state index contributed by atoms with van der Waals surface area (Å²) in [5.41, 5.74) is 3.57. The number of aliphatic hydroxyl groups excluding tert-OH is 1. The molecule has 0 fully saturated rings. The average molecular weight is 409 g/mol. The molecule has 2 aromatic carbocycles. The Bertz CT molecular complexity index is 1150. The predicted octanol–water partition coefficient (Wildman–Crippen LogP) is 5.43. The fraction of sp³-hybridized carbons (Fsp3) is 0.111. The third-order valence-corrected chi connectivity index (χ3v) is 5.29. The van der Waals surface area contributed by atoms with Gasteiger partial charge in [-0.25, -0.2) is 4.98 Å². The van der Waals surface area contributed by atoms with Gasteiger partial charge in [-0.3, -0.25) is 4.98 Å². The minimum absolute atomic E-state index is 0.0179. The van der Waals surface area contributed by atoms with E-state index >= 15 is 0 Å². The minimum atomic E-state index is -1.47. The largest absolute Gasteiger partial charge is 0.506 e. The first-order chi connectivity index (χ1) is 15.0. The topological polar surface area (TPSA) is 66.2 Å². The molecule has 0 spiro atoms. The van der Waals surface area contributed by atoms with Gasteiger partial charge in [-0.1, -0.05) is 71.8 Å². The lowest BCUT2D eigenvalue weighted by Crippen LogP contribution is -2.30. The molecule has 2 N–H and O–H groups in total. The first kappa shape index (κ1) is 20.5. The van der Waals surface area contributed by atoms with Crippen molar-refractivity contribution in [1.29, 1.82) is 0 Å². The molecule has 4 rings (SSSR count). The molecule has 0 radical (unpaired) electrons. The number of hydrogen-bond donors (Lipinski definition) is 2. The summed E-state index contributed by atoms with van der Waals surface area (Å²) < 4.78 is 0. The van der Waals surface area contributed by atoms with E-state index < -0.39 is 5.60 Å². The van der Waals surface area contributed by atoms with Crippen LogP contribution in [0.5, 0.6) is 0 Å². The number of rotatable bonds is 5. The van der Waals surface area contributed by atoms with E-state index in [-0.39, 0.29) is 5.76 Å². The number of benzene rings is 2. The van der Waals surface area contributed by atoms with Crippen molar-refractivity contribution >= 4 is 11.8 Å². The molecule has 4 aromatic rings. The van der Waals surface area contributed by atoms with E-state index in [9.17, 15) is 10.2 Å². The second-order valence-electron chi connectivity index (χ2n) is 7.63. The molecule has 0 unspecified atom stereocenters. The molecule has 0 atom stereocenters. The Hall–Kier alpha value is -3.76. The highest BCUT2D eigenvalue weighted by Gasteiger charge is 2.35. The summed E-state index contributed by atoms with van der Waals surface area (Å²) in [6, 6.07) is 26.3. The maximum absolute atomic E-state index is 12.0. The van der Waals surface area contributed by atoms with E-state index in [1.165, 1.54) is 0 Å². The van der Waals surface area contributed by atoms with E-state index in [4.69, 9.17) is 0 Å². The molecule has 0 saturated carbocycles. The van der Waals surface area contributed by atoms with E-state index in [2.05, 4.69) is 9.97 Å². The number of aromatic nitrogens is 2. The molecule has 2 aromatic heterocycles. The highest BCUT2D eigenvalue weighted by Crippen LogP contribution is 2.36. The lowest BCUT2D eigenvalue weighted by Gasteiger charge is -2.29. The van der Waals surface area contributed by atoms with Gasteiger partial charge in [-0.15, -0.1) is 0 Å². The molecule has 4 nitrogen and oxygen atoms in total. The second kappa shape index (κ2) is 8.54. The first-order valence-electron chi connectivity index (χ1n) is 10.1. The quantitative estimate of drug-likeness (QED) is 0.432. The summed E-state index contributed by atoms with van der Waals surface area (Å²) in [6.45, 7) is 4.02. The van der Waals surface area contributed by atoms with E-state index in [1.807, 2.05) is 74.5 Å². The summed E-state index contributed by atoms with van der Waals surface area (Å²) in [6.07, 6.45) is 3.22. The highest BCUT2D eigenvalue weighted by molar-refractivity contribution is 5.73. The monoisotopic (exact) mass is 408 g/mol. The number of hydrogen-bond acceptors (Lipinski definition) is 4. The van der Waals surface area contributed by atoms with Crippen LogP contribution in [0.1, 0.15) is 39.3 Å². The number of nitrogens with zero attached hydrogens (tertiary/aromatic N) is 2. The Morgan fingerprint density at radius 2 is 1.39 bits per heavy atom. The van der Waals surface area contributed by atoms with Gasteiger partial charge in [0.15, 0.2) is 5.60 Å². The molecular weight excluding hydrogens is 384 g/mol. The van der Waals surface area contributed by atoms with Crippen molar-refractivity contribution in [3.05, 3.63) is 130 Å². The van der Waals surface area contributed by atoms with Gasteiger partial charge in [-0.2, -0.15) is 0 Å². The Morgan fingerprint density at radius 3 is 1.94 bits per heavy atom. The van der Waals surface area contributed by atoms with Crippen molar-refractivity contribution < 1.29 is 10.2 Å². The highest BCUT2D eigenvalue weighted by atomic mass is 16.3. The van der Waals surface area contributed by atoms with Crippen LogP contribution in [0.25, 0.3) is 11.8 Å². The molecule has 0 aliphatic rings. The Labute approximate surface area is 182 Å². The predicted molar refractivity (Wildman–Crippen MR) is 123 cm³/mol. The SMILES string of the molecule is Cc1ccc(C(O)(c2ccc(C)cc2)c2cccc(/C(O)=C/c3ccccn3)n2)cc1. The summed E-state index contributed by atoms with van der Waals surface area (Å²) in [7, 11) is 0. The van der Waals surface area contributed by atoms with Gasteiger partial charge in [0.2, 0.25) is 0 Å². The van der Waals surface area contributed by atoms with Crippen LogP contribution in [0.3, 0.4) is 0 Å². The zero-order valence-corrected chi connectivity index (χ0v) is 17.5. The normalized spacial score (nSPS) is 12.0. The van der Waals surface area contributed by atoms with Gasteiger partial charge < -0.3 is 10.2 Å². The maximum Gasteiger partial charge on any atom is 0.157 e. The van der Waals surface area contributed by atoms with E-state index in [1.54, 1.807) is 36.5 Å². The van der Waals surface area contributed by atoms with Gasteiger partial charge in [0.05, 0.1) is 11.4 Å². The van der Waals surface area contributed by atoms with Crippen LogP contribution in [0.4, 0.5) is 0 Å². The molecule has 0 aliphatic heterocycles.